The van der Waals surface area contributed by atoms with E-state index >= 15 is 0 Å². The Labute approximate surface area is 196 Å². The van der Waals surface area contributed by atoms with E-state index in [1.807, 2.05) is 18.2 Å². The lowest BCUT2D eigenvalue weighted by atomic mass is 9.98. The fourth-order valence-corrected chi connectivity index (χ4v) is 5.25. The molecule has 1 unspecified atom stereocenters. The van der Waals surface area contributed by atoms with Gasteiger partial charge in [0.05, 0.1) is 0 Å². The van der Waals surface area contributed by atoms with E-state index in [4.69, 9.17) is 14.2 Å². The zero-order valence-corrected chi connectivity index (χ0v) is 19.5. The van der Waals surface area contributed by atoms with Gasteiger partial charge in [-0.05, 0) is 73.5 Å². The first-order chi connectivity index (χ1) is 16.1. The standard InChI is InChI=1S/C27H34N2O4/c1-19-5-4-12-29(15-19)16-22-13-20(21-9-11-25-26(14-21)33-18-32-25)8-10-24(22)31-17-27(30)28-23-6-2-3-7-23/h8-11,13-14,19,23H,2-7,12,15-18H2,1H3,(H,28,30). The van der Waals surface area contributed by atoms with E-state index in [0.29, 0.717) is 12.0 Å². The molecule has 2 aliphatic heterocycles. The zero-order chi connectivity index (χ0) is 22.6. The molecule has 2 aromatic carbocycles. The van der Waals surface area contributed by atoms with Crippen molar-refractivity contribution in [2.24, 2.45) is 5.92 Å². The molecule has 5 rings (SSSR count). The number of nitrogens with one attached hydrogen (secondary N) is 1. The Balaban J connectivity index is 1.34. The number of hydrogen-bond donors (Lipinski definition) is 1. The van der Waals surface area contributed by atoms with Crippen LogP contribution in [-0.2, 0) is 11.3 Å². The predicted octanol–water partition coefficient (Wildman–Crippen LogP) is 4.75. The van der Waals surface area contributed by atoms with Gasteiger partial charge in [-0.3, -0.25) is 9.69 Å². The summed E-state index contributed by atoms with van der Waals surface area (Å²) >= 11 is 0. The number of fused-ring (bicyclic) bond motifs is 1. The minimum Gasteiger partial charge on any atom is -0.483 e. The van der Waals surface area contributed by atoms with E-state index in [1.54, 1.807) is 0 Å². The van der Waals surface area contributed by atoms with Gasteiger partial charge in [0, 0.05) is 24.7 Å². The van der Waals surface area contributed by atoms with Crippen molar-refractivity contribution < 1.29 is 19.0 Å². The van der Waals surface area contributed by atoms with Crippen molar-refractivity contribution in [3.8, 4) is 28.4 Å². The molecule has 6 heteroatoms. The highest BCUT2D eigenvalue weighted by atomic mass is 16.7. The number of piperidine rings is 1. The van der Waals surface area contributed by atoms with E-state index in [-0.39, 0.29) is 19.3 Å². The topological polar surface area (TPSA) is 60.0 Å². The van der Waals surface area contributed by atoms with E-state index in [2.05, 4.69) is 35.3 Å². The Morgan fingerprint density at radius 1 is 1.03 bits per heavy atom. The molecule has 33 heavy (non-hydrogen) atoms. The van der Waals surface area contributed by atoms with Crippen molar-refractivity contribution in [2.45, 2.75) is 58.0 Å². The van der Waals surface area contributed by atoms with Crippen molar-refractivity contribution in [2.75, 3.05) is 26.5 Å². The Morgan fingerprint density at radius 2 is 1.82 bits per heavy atom. The van der Waals surface area contributed by atoms with Crippen LogP contribution in [0.3, 0.4) is 0 Å². The van der Waals surface area contributed by atoms with Crippen LogP contribution in [0.4, 0.5) is 0 Å². The van der Waals surface area contributed by atoms with E-state index in [0.717, 1.165) is 66.4 Å². The van der Waals surface area contributed by atoms with Gasteiger partial charge in [-0.15, -0.1) is 0 Å². The summed E-state index contributed by atoms with van der Waals surface area (Å²) in [6.07, 6.45) is 7.07. The summed E-state index contributed by atoms with van der Waals surface area (Å²) in [7, 11) is 0. The summed E-state index contributed by atoms with van der Waals surface area (Å²) in [6.45, 7) is 5.66. The van der Waals surface area contributed by atoms with Gasteiger partial charge in [0.2, 0.25) is 6.79 Å². The average molecular weight is 451 g/mol. The minimum atomic E-state index is -0.0284. The van der Waals surface area contributed by atoms with Gasteiger partial charge in [0.1, 0.15) is 5.75 Å². The van der Waals surface area contributed by atoms with Gasteiger partial charge in [0.15, 0.2) is 18.1 Å². The van der Waals surface area contributed by atoms with Gasteiger partial charge in [-0.2, -0.15) is 0 Å². The molecule has 1 aliphatic carbocycles. The lowest BCUT2D eigenvalue weighted by Gasteiger charge is -2.31. The maximum absolute atomic E-state index is 12.4. The van der Waals surface area contributed by atoms with Crippen LogP contribution in [-0.4, -0.2) is 43.3 Å². The van der Waals surface area contributed by atoms with Crippen LogP contribution in [0.2, 0.25) is 0 Å². The highest BCUT2D eigenvalue weighted by molar-refractivity contribution is 5.78. The average Bonchev–Trinajstić information content (AvgIpc) is 3.49. The third kappa shape index (κ3) is 5.44. The number of likely N-dealkylation sites (tertiary alicyclic amines) is 1. The first kappa shape index (κ1) is 22.1. The maximum Gasteiger partial charge on any atom is 0.258 e. The molecule has 2 fully saturated rings. The van der Waals surface area contributed by atoms with Crippen molar-refractivity contribution in [1.82, 2.24) is 10.2 Å². The largest absolute Gasteiger partial charge is 0.483 e. The van der Waals surface area contributed by atoms with Crippen LogP contribution in [0, 0.1) is 5.92 Å². The smallest absolute Gasteiger partial charge is 0.258 e. The Bertz CT molecular complexity index is 986. The van der Waals surface area contributed by atoms with E-state index in [9.17, 15) is 4.79 Å². The van der Waals surface area contributed by atoms with Gasteiger partial charge in [0.25, 0.3) is 5.91 Å². The van der Waals surface area contributed by atoms with Crippen LogP contribution in [0.5, 0.6) is 17.2 Å². The summed E-state index contributed by atoms with van der Waals surface area (Å²) in [5.41, 5.74) is 3.31. The number of nitrogens with zero attached hydrogens (tertiary/aromatic N) is 1. The van der Waals surface area contributed by atoms with Crippen LogP contribution in [0.25, 0.3) is 11.1 Å². The molecular weight excluding hydrogens is 416 g/mol. The molecule has 0 bridgehead atoms. The molecule has 1 saturated heterocycles. The number of amides is 1. The van der Waals surface area contributed by atoms with Gasteiger partial charge in [-0.25, -0.2) is 0 Å². The number of hydrogen-bond acceptors (Lipinski definition) is 5. The number of benzene rings is 2. The summed E-state index contributed by atoms with van der Waals surface area (Å²) in [6, 6.07) is 12.6. The molecule has 3 aliphatic rings. The summed E-state index contributed by atoms with van der Waals surface area (Å²) in [5.74, 6) is 3.04. The first-order valence-corrected chi connectivity index (χ1v) is 12.3. The van der Waals surface area contributed by atoms with Crippen molar-refractivity contribution >= 4 is 5.91 Å². The highest BCUT2D eigenvalue weighted by Gasteiger charge is 2.21. The molecular formula is C27H34N2O4. The van der Waals surface area contributed by atoms with Crippen molar-refractivity contribution in [3.63, 3.8) is 0 Å². The molecule has 1 atom stereocenters. The summed E-state index contributed by atoms with van der Waals surface area (Å²) in [5, 5.41) is 3.12. The molecule has 0 aromatic heterocycles. The molecule has 1 N–H and O–H groups in total. The molecule has 6 nitrogen and oxygen atoms in total. The molecule has 2 aromatic rings. The monoisotopic (exact) mass is 450 g/mol. The number of carbonyl (C=O) groups excluding carboxylic acids is 1. The normalized spacial score (nSPS) is 20.7. The number of rotatable bonds is 7. The fraction of sp³-hybridized carbons (Fsp3) is 0.519. The third-order valence-corrected chi connectivity index (χ3v) is 6.98. The molecule has 176 valence electrons. The molecule has 1 saturated carbocycles. The second-order valence-electron chi connectivity index (χ2n) is 9.71. The fourth-order valence-electron chi connectivity index (χ4n) is 5.25. The van der Waals surface area contributed by atoms with Crippen molar-refractivity contribution in [3.05, 3.63) is 42.0 Å². The van der Waals surface area contributed by atoms with Gasteiger partial charge >= 0.3 is 0 Å². The minimum absolute atomic E-state index is 0.0284. The summed E-state index contributed by atoms with van der Waals surface area (Å²) in [4.78, 5) is 14.9. The van der Waals surface area contributed by atoms with Gasteiger partial charge < -0.3 is 19.5 Å². The Kier molecular flexibility index (Phi) is 6.72. The maximum atomic E-state index is 12.4. The molecule has 1 amide bonds. The second kappa shape index (κ2) is 10.0. The quantitative estimate of drug-likeness (QED) is 0.660. The van der Waals surface area contributed by atoms with Gasteiger partial charge in [-0.1, -0.05) is 31.9 Å². The zero-order valence-electron chi connectivity index (χ0n) is 19.5. The SMILES string of the molecule is CC1CCCN(Cc2cc(-c3ccc4c(c3)OCO4)ccc2OCC(=O)NC2CCCC2)C1. The first-order valence-electron chi connectivity index (χ1n) is 12.3. The van der Waals surface area contributed by atoms with Crippen LogP contribution >= 0.6 is 0 Å². The third-order valence-electron chi connectivity index (χ3n) is 6.98. The molecule has 2 heterocycles. The number of ether oxygens (including phenoxy) is 3. The lowest BCUT2D eigenvalue weighted by Crippen LogP contribution is -2.36. The van der Waals surface area contributed by atoms with Crippen LogP contribution in [0.1, 0.15) is 51.0 Å². The van der Waals surface area contributed by atoms with E-state index in [1.165, 1.54) is 25.7 Å². The number of carbonyl (C=O) groups is 1. The highest BCUT2D eigenvalue weighted by Crippen LogP contribution is 2.37. The molecule has 0 spiro atoms. The predicted molar refractivity (Wildman–Crippen MR) is 128 cm³/mol. The van der Waals surface area contributed by atoms with Crippen LogP contribution in [0.15, 0.2) is 36.4 Å². The Hall–Kier alpha value is -2.73. The lowest BCUT2D eigenvalue weighted by molar-refractivity contribution is -0.123. The Morgan fingerprint density at radius 3 is 2.67 bits per heavy atom. The second-order valence-corrected chi connectivity index (χ2v) is 9.71. The van der Waals surface area contributed by atoms with Crippen LogP contribution < -0.4 is 19.5 Å². The van der Waals surface area contributed by atoms with Crippen molar-refractivity contribution in [1.29, 1.82) is 0 Å². The van der Waals surface area contributed by atoms with E-state index < -0.39 is 0 Å². The summed E-state index contributed by atoms with van der Waals surface area (Å²) < 4.78 is 17.1. The molecule has 0 radical (unpaired) electrons.